The highest BCUT2D eigenvalue weighted by atomic mass is 79.9. The number of hydrogen-bond donors (Lipinski definition) is 1. The number of rotatable bonds is 3. The Bertz CT molecular complexity index is 569. The molecule has 1 aliphatic heterocycles. The maximum Gasteiger partial charge on any atom is 0.136 e. The van der Waals surface area contributed by atoms with Crippen LogP contribution in [0.2, 0.25) is 0 Å². The number of aliphatic hydroxyl groups is 1. The third-order valence-corrected chi connectivity index (χ3v) is 4.26. The second-order valence-electron chi connectivity index (χ2n) is 5.25. The van der Waals surface area contributed by atoms with Crippen LogP contribution in [-0.4, -0.2) is 39.1 Å². The Labute approximate surface area is 121 Å². The standard InChI is InChI=1S/C14H18BrN3O/c15-12-3-4-14-16-6-13(18(14)8-12)9-17-5-1-2-11(7-17)10-19/h3-4,6,8,11,19H,1-2,5,7,9-10H2. The molecule has 2 aromatic rings. The molecule has 19 heavy (non-hydrogen) atoms. The van der Waals surface area contributed by atoms with E-state index in [1.807, 2.05) is 18.3 Å². The van der Waals surface area contributed by atoms with Crippen LogP contribution >= 0.6 is 15.9 Å². The summed E-state index contributed by atoms with van der Waals surface area (Å²) in [5.41, 5.74) is 2.18. The molecule has 0 aliphatic carbocycles. The summed E-state index contributed by atoms with van der Waals surface area (Å²) < 4.78 is 3.19. The molecule has 4 nitrogen and oxygen atoms in total. The number of aromatic nitrogens is 2. The lowest BCUT2D eigenvalue weighted by Crippen LogP contribution is -2.36. The highest BCUT2D eigenvalue weighted by molar-refractivity contribution is 9.10. The Morgan fingerprint density at radius 1 is 1.42 bits per heavy atom. The molecule has 0 bridgehead atoms. The number of aliphatic hydroxyl groups excluding tert-OH is 1. The number of halogens is 1. The second-order valence-corrected chi connectivity index (χ2v) is 6.17. The normalized spacial score (nSPS) is 21.1. The SMILES string of the molecule is OCC1CCCN(Cc2cnc3ccc(Br)cn23)C1. The molecule has 3 heterocycles. The lowest BCUT2D eigenvalue weighted by Gasteiger charge is -2.31. The average Bonchev–Trinajstić information content (AvgIpc) is 2.81. The van der Waals surface area contributed by atoms with Crippen molar-refractivity contribution in [2.24, 2.45) is 5.92 Å². The molecular weight excluding hydrogens is 306 g/mol. The fourth-order valence-electron chi connectivity index (χ4n) is 2.80. The number of fused-ring (bicyclic) bond motifs is 1. The fraction of sp³-hybridized carbons (Fsp3) is 0.500. The summed E-state index contributed by atoms with van der Waals surface area (Å²) in [5, 5.41) is 9.29. The molecule has 0 radical (unpaired) electrons. The van der Waals surface area contributed by atoms with Gasteiger partial charge in [0.05, 0.1) is 11.9 Å². The smallest absolute Gasteiger partial charge is 0.136 e. The van der Waals surface area contributed by atoms with Gasteiger partial charge < -0.3 is 9.51 Å². The van der Waals surface area contributed by atoms with Gasteiger partial charge >= 0.3 is 0 Å². The Balaban J connectivity index is 1.79. The minimum absolute atomic E-state index is 0.301. The topological polar surface area (TPSA) is 40.8 Å². The van der Waals surface area contributed by atoms with Gasteiger partial charge in [-0.15, -0.1) is 0 Å². The van der Waals surface area contributed by atoms with Crippen molar-refractivity contribution in [3.63, 3.8) is 0 Å². The van der Waals surface area contributed by atoms with Gasteiger partial charge in [-0.25, -0.2) is 4.98 Å². The summed E-state index contributed by atoms with van der Waals surface area (Å²) in [5.74, 6) is 0.430. The summed E-state index contributed by atoms with van der Waals surface area (Å²) in [7, 11) is 0. The van der Waals surface area contributed by atoms with Crippen LogP contribution in [0.5, 0.6) is 0 Å². The highest BCUT2D eigenvalue weighted by Gasteiger charge is 2.20. The first-order valence-electron chi connectivity index (χ1n) is 6.71. The minimum atomic E-state index is 0.301. The lowest BCUT2D eigenvalue weighted by atomic mass is 9.99. The van der Waals surface area contributed by atoms with Crippen LogP contribution in [0, 0.1) is 5.92 Å². The Hall–Kier alpha value is -0.910. The van der Waals surface area contributed by atoms with Gasteiger partial charge in [0.2, 0.25) is 0 Å². The minimum Gasteiger partial charge on any atom is -0.396 e. The molecule has 0 saturated carbocycles. The van der Waals surface area contributed by atoms with Gasteiger partial charge in [0.15, 0.2) is 0 Å². The van der Waals surface area contributed by atoms with E-state index in [1.54, 1.807) is 0 Å². The van der Waals surface area contributed by atoms with Gasteiger partial charge in [-0.3, -0.25) is 4.90 Å². The second kappa shape index (κ2) is 5.61. The number of hydrogen-bond acceptors (Lipinski definition) is 3. The summed E-state index contributed by atoms with van der Waals surface area (Å²) in [4.78, 5) is 6.84. The van der Waals surface area contributed by atoms with Crippen molar-refractivity contribution < 1.29 is 5.11 Å². The molecule has 1 aliphatic rings. The van der Waals surface area contributed by atoms with Crippen LogP contribution < -0.4 is 0 Å². The zero-order valence-corrected chi connectivity index (χ0v) is 12.4. The summed E-state index contributed by atoms with van der Waals surface area (Å²) in [6, 6.07) is 4.02. The largest absolute Gasteiger partial charge is 0.396 e. The molecule has 1 saturated heterocycles. The Morgan fingerprint density at radius 2 is 2.32 bits per heavy atom. The van der Waals surface area contributed by atoms with E-state index in [9.17, 15) is 5.11 Å². The molecule has 3 rings (SSSR count). The van der Waals surface area contributed by atoms with Gasteiger partial charge in [-0.1, -0.05) is 0 Å². The molecule has 2 aromatic heterocycles. The molecular formula is C14H18BrN3O. The molecule has 1 atom stereocenters. The third-order valence-electron chi connectivity index (χ3n) is 3.79. The summed E-state index contributed by atoms with van der Waals surface area (Å²) in [6.07, 6.45) is 6.33. The van der Waals surface area contributed by atoms with Crippen LogP contribution in [0.3, 0.4) is 0 Å². The summed E-state index contributed by atoms with van der Waals surface area (Å²) >= 11 is 3.50. The first kappa shape index (κ1) is 13.1. The quantitative estimate of drug-likeness (QED) is 0.942. The van der Waals surface area contributed by atoms with E-state index in [1.165, 1.54) is 12.1 Å². The van der Waals surface area contributed by atoms with Crippen LogP contribution in [0.1, 0.15) is 18.5 Å². The molecule has 1 fully saturated rings. The molecule has 0 spiro atoms. The van der Waals surface area contributed by atoms with Gasteiger partial charge in [-0.05, 0) is 53.4 Å². The molecule has 1 N–H and O–H groups in total. The van der Waals surface area contributed by atoms with E-state index in [0.29, 0.717) is 12.5 Å². The van der Waals surface area contributed by atoms with E-state index >= 15 is 0 Å². The van der Waals surface area contributed by atoms with E-state index in [-0.39, 0.29) is 0 Å². The van der Waals surface area contributed by atoms with Crippen molar-refractivity contribution in [1.29, 1.82) is 0 Å². The van der Waals surface area contributed by atoms with Crippen molar-refractivity contribution in [2.75, 3.05) is 19.7 Å². The summed E-state index contributed by atoms with van der Waals surface area (Å²) in [6.45, 7) is 3.29. The Morgan fingerprint density at radius 3 is 3.16 bits per heavy atom. The van der Waals surface area contributed by atoms with Gasteiger partial charge in [0, 0.05) is 30.4 Å². The molecule has 102 valence electrons. The molecule has 1 unspecified atom stereocenters. The Kier molecular flexibility index (Phi) is 3.86. The monoisotopic (exact) mass is 323 g/mol. The van der Waals surface area contributed by atoms with Crippen LogP contribution in [0.25, 0.3) is 5.65 Å². The predicted molar refractivity (Wildman–Crippen MR) is 78.0 cm³/mol. The predicted octanol–water partition coefficient (Wildman–Crippen LogP) is 2.30. The number of pyridine rings is 1. The first-order chi connectivity index (χ1) is 9.26. The molecule has 0 amide bonds. The maximum absolute atomic E-state index is 9.29. The number of likely N-dealkylation sites (tertiary alicyclic amines) is 1. The van der Waals surface area contributed by atoms with Crippen molar-refractivity contribution in [3.05, 3.63) is 34.7 Å². The van der Waals surface area contributed by atoms with E-state index < -0.39 is 0 Å². The highest BCUT2D eigenvalue weighted by Crippen LogP contribution is 2.19. The van der Waals surface area contributed by atoms with Crippen molar-refractivity contribution in [1.82, 2.24) is 14.3 Å². The zero-order chi connectivity index (χ0) is 13.2. The van der Waals surface area contributed by atoms with Gasteiger partial charge in [0.25, 0.3) is 0 Å². The zero-order valence-electron chi connectivity index (χ0n) is 10.8. The van der Waals surface area contributed by atoms with E-state index in [2.05, 4.69) is 36.4 Å². The molecule has 0 aromatic carbocycles. The fourth-order valence-corrected chi connectivity index (χ4v) is 3.13. The van der Waals surface area contributed by atoms with Crippen molar-refractivity contribution in [3.8, 4) is 0 Å². The number of piperidine rings is 1. The number of nitrogens with zero attached hydrogens (tertiary/aromatic N) is 3. The maximum atomic E-state index is 9.29. The average molecular weight is 324 g/mol. The van der Waals surface area contributed by atoms with Gasteiger partial charge in [-0.2, -0.15) is 0 Å². The molecule has 5 heteroatoms. The third kappa shape index (κ3) is 2.83. The van der Waals surface area contributed by atoms with Crippen LogP contribution in [0.4, 0.5) is 0 Å². The number of imidazole rings is 1. The van der Waals surface area contributed by atoms with Crippen molar-refractivity contribution >= 4 is 21.6 Å². The first-order valence-corrected chi connectivity index (χ1v) is 7.50. The van der Waals surface area contributed by atoms with Crippen LogP contribution in [0.15, 0.2) is 29.0 Å². The van der Waals surface area contributed by atoms with Crippen molar-refractivity contribution in [2.45, 2.75) is 19.4 Å². The van der Waals surface area contributed by atoms with E-state index in [4.69, 9.17) is 0 Å². The van der Waals surface area contributed by atoms with E-state index in [0.717, 1.165) is 36.2 Å². The lowest BCUT2D eigenvalue weighted by molar-refractivity contribution is 0.115. The van der Waals surface area contributed by atoms with Crippen LogP contribution in [-0.2, 0) is 6.54 Å². The van der Waals surface area contributed by atoms with Gasteiger partial charge in [0.1, 0.15) is 5.65 Å².